The summed E-state index contributed by atoms with van der Waals surface area (Å²) in [5, 5.41) is 23.1. The first-order valence-electron chi connectivity index (χ1n) is 6.78. The van der Waals surface area contributed by atoms with Gasteiger partial charge in [0.05, 0.1) is 5.52 Å². The first-order chi connectivity index (χ1) is 9.78. The number of aromatic nitrogens is 2. The molecule has 0 fully saturated rings. The number of carboxylic acids is 1. The van der Waals surface area contributed by atoms with Crippen molar-refractivity contribution in [2.24, 2.45) is 0 Å². The topological polar surface area (TPSA) is 84.6 Å². The van der Waals surface area contributed by atoms with Crippen LogP contribution < -0.4 is 0 Å². The number of hydrogen-bond donors (Lipinski definition) is 2. The van der Waals surface area contributed by atoms with Gasteiger partial charge in [0.2, 0.25) is 0 Å². The van der Waals surface area contributed by atoms with Gasteiger partial charge < -0.3 is 14.9 Å². The lowest BCUT2D eigenvalue weighted by atomic mass is 10.2. The molecule has 6 nitrogen and oxygen atoms in total. The Morgan fingerprint density at radius 2 is 2.10 bits per heavy atom. The molecule has 7 heteroatoms. The normalized spacial score (nSPS) is 12.0. The molecule has 0 aliphatic rings. The van der Waals surface area contributed by atoms with E-state index in [2.05, 4.69) is 24.7 Å². The lowest BCUT2D eigenvalue weighted by Crippen LogP contribution is -2.22. The third-order valence-corrected chi connectivity index (χ3v) is 4.85. The third kappa shape index (κ3) is 3.83. The molecule has 2 N–H and O–H groups in total. The molecule has 1 aromatic carbocycles. The van der Waals surface area contributed by atoms with Crippen LogP contribution in [0.5, 0.6) is 5.75 Å². The first-order valence-corrected chi connectivity index (χ1v) is 10.5. The summed E-state index contributed by atoms with van der Waals surface area (Å²) >= 11 is 0. The van der Waals surface area contributed by atoms with E-state index in [1.807, 2.05) is 0 Å². The van der Waals surface area contributed by atoms with Crippen LogP contribution in [0.1, 0.15) is 10.5 Å². The average Bonchev–Trinajstić information content (AvgIpc) is 2.71. The number of ether oxygens (including phenoxy) is 1. The number of phenolic OH excluding ortho intramolecular Hbond substituents is 1. The van der Waals surface area contributed by atoms with Crippen molar-refractivity contribution in [2.45, 2.75) is 32.4 Å². The van der Waals surface area contributed by atoms with Crippen LogP contribution >= 0.6 is 0 Å². The van der Waals surface area contributed by atoms with Crippen LogP contribution in [0.2, 0.25) is 25.7 Å². The van der Waals surface area contributed by atoms with E-state index in [1.54, 1.807) is 6.07 Å². The summed E-state index contributed by atoms with van der Waals surface area (Å²) in [7, 11) is -1.15. The quantitative estimate of drug-likeness (QED) is 0.633. The molecule has 0 saturated heterocycles. The fraction of sp³-hybridized carbons (Fsp3) is 0.429. The maximum Gasteiger partial charge on any atom is 0.357 e. The fourth-order valence-corrected chi connectivity index (χ4v) is 2.71. The number of carboxylic acid groups (broad SMARTS) is 1. The molecule has 114 valence electrons. The summed E-state index contributed by atoms with van der Waals surface area (Å²) in [6.45, 7) is 7.65. The Labute approximate surface area is 124 Å². The van der Waals surface area contributed by atoms with Gasteiger partial charge in [-0.1, -0.05) is 19.6 Å². The number of nitrogens with zero attached hydrogens (tertiary/aromatic N) is 2. The Bertz CT molecular complexity index is 661. The molecule has 2 rings (SSSR count). The maximum atomic E-state index is 11.2. The monoisotopic (exact) mass is 308 g/mol. The van der Waals surface area contributed by atoms with Gasteiger partial charge in [-0.2, -0.15) is 5.10 Å². The molecule has 0 amide bonds. The zero-order valence-corrected chi connectivity index (χ0v) is 13.5. The smallest absolute Gasteiger partial charge is 0.357 e. The van der Waals surface area contributed by atoms with Crippen molar-refractivity contribution in [1.82, 2.24) is 9.78 Å². The average molecular weight is 308 g/mol. The molecule has 0 radical (unpaired) electrons. The van der Waals surface area contributed by atoms with Gasteiger partial charge in [-0.05, 0) is 24.2 Å². The molecule has 0 atom stereocenters. The summed E-state index contributed by atoms with van der Waals surface area (Å²) in [5.74, 6) is -1.10. The van der Waals surface area contributed by atoms with E-state index in [-0.39, 0.29) is 18.2 Å². The summed E-state index contributed by atoms with van der Waals surface area (Å²) < 4.78 is 7.12. The van der Waals surface area contributed by atoms with Crippen molar-refractivity contribution in [3.63, 3.8) is 0 Å². The van der Waals surface area contributed by atoms with Crippen molar-refractivity contribution in [3.8, 4) is 5.75 Å². The lowest BCUT2D eigenvalue weighted by Gasteiger charge is -2.15. The van der Waals surface area contributed by atoms with Crippen molar-refractivity contribution in [2.75, 3.05) is 6.61 Å². The van der Waals surface area contributed by atoms with Gasteiger partial charge in [-0.3, -0.25) is 0 Å². The third-order valence-electron chi connectivity index (χ3n) is 3.15. The summed E-state index contributed by atoms with van der Waals surface area (Å²) in [6.07, 6.45) is 0. The van der Waals surface area contributed by atoms with Crippen molar-refractivity contribution in [3.05, 3.63) is 23.9 Å². The molecule has 0 spiro atoms. The van der Waals surface area contributed by atoms with Gasteiger partial charge in [-0.25, -0.2) is 9.48 Å². The van der Waals surface area contributed by atoms with Gasteiger partial charge in [-0.15, -0.1) is 0 Å². The van der Waals surface area contributed by atoms with Crippen LogP contribution in [0.3, 0.4) is 0 Å². The Kier molecular flexibility index (Phi) is 4.34. The first kappa shape index (κ1) is 15.5. The number of hydrogen-bond acceptors (Lipinski definition) is 4. The van der Waals surface area contributed by atoms with E-state index < -0.39 is 14.0 Å². The minimum absolute atomic E-state index is 0.0178. The highest BCUT2D eigenvalue weighted by Gasteiger charge is 2.17. The van der Waals surface area contributed by atoms with E-state index in [0.717, 1.165) is 6.04 Å². The number of benzene rings is 1. The molecule has 0 bridgehead atoms. The van der Waals surface area contributed by atoms with E-state index in [1.165, 1.54) is 16.8 Å². The number of aromatic carboxylic acids is 1. The molecule has 1 aromatic heterocycles. The van der Waals surface area contributed by atoms with Crippen LogP contribution in [0, 0.1) is 0 Å². The fourth-order valence-electron chi connectivity index (χ4n) is 1.95. The minimum atomic E-state index is -1.15. The van der Waals surface area contributed by atoms with Crippen molar-refractivity contribution >= 4 is 24.9 Å². The van der Waals surface area contributed by atoms with Gasteiger partial charge in [0.1, 0.15) is 12.5 Å². The Hall–Kier alpha value is -1.86. The van der Waals surface area contributed by atoms with E-state index in [4.69, 9.17) is 4.74 Å². The number of carbonyl (C=O) groups is 1. The van der Waals surface area contributed by atoms with Crippen LogP contribution in [0.15, 0.2) is 18.2 Å². The highest BCUT2D eigenvalue weighted by atomic mass is 28.3. The van der Waals surface area contributed by atoms with Crippen molar-refractivity contribution in [1.29, 1.82) is 0 Å². The van der Waals surface area contributed by atoms with Crippen LogP contribution in [-0.4, -0.2) is 40.6 Å². The summed E-state index contributed by atoms with van der Waals surface area (Å²) in [4.78, 5) is 11.2. The standard InChI is InChI=1S/C14H20N2O4Si/c1-21(2,3)7-6-20-9-16-12-5-4-10(17)8-11(12)13(15-16)14(18)19/h4-5,8,17H,6-7,9H2,1-3H3,(H,18,19). The number of aromatic hydroxyl groups is 1. The highest BCUT2D eigenvalue weighted by molar-refractivity contribution is 6.76. The van der Waals surface area contributed by atoms with Gasteiger partial charge in [0, 0.05) is 20.1 Å². The number of phenols is 1. The molecule has 1 heterocycles. The molecule has 0 aliphatic heterocycles. The van der Waals surface area contributed by atoms with Crippen LogP contribution in [0.25, 0.3) is 10.9 Å². The Morgan fingerprint density at radius 3 is 2.71 bits per heavy atom. The Balaban J connectivity index is 2.18. The molecule has 21 heavy (non-hydrogen) atoms. The zero-order chi connectivity index (χ0) is 15.6. The molecule has 0 unspecified atom stereocenters. The second-order valence-corrected chi connectivity index (χ2v) is 11.8. The van der Waals surface area contributed by atoms with Crippen LogP contribution in [0.4, 0.5) is 0 Å². The molecule has 2 aromatic rings. The molecular weight excluding hydrogens is 288 g/mol. The van der Waals surface area contributed by atoms with Crippen molar-refractivity contribution < 1.29 is 19.7 Å². The summed E-state index contributed by atoms with van der Waals surface area (Å²) in [6, 6.07) is 5.60. The highest BCUT2D eigenvalue weighted by Crippen LogP contribution is 2.23. The predicted molar refractivity (Wildman–Crippen MR) is 82.5 cm³/mol. The van der Waals surface area contributed by atoms with Gasteiger partial charge >= 0.3 is 5.97 Å². The second-order valence-electron chi connectivity index (χ2n) is 6.20. The summed E-state index contributed by atoms with van der Waals surface area (Å²) in [5.41, 5.74) is 0.563. The number of fused-ring (bicyclic) bond motifs is 1. The lowest BCUT2D eigenvalue weighted by molar-refractivity contribution is 0.0676. The van der Waals surface area contributed by atoms with Gasteiger partial charge in [0.25, 0.3) is 0 Å². The molecule has 0 saturated carbocycles. The molecular formula is C14H20N2O4Si. The zero-order valence-electron chi connectivity index (χ0n) is 12.5. The number of rotatable bonds is 6. The predicted octanol–water partition coefficient (Wildman–Crippen LogP) is 2.75. The minimum Gasteiger partial charge on any atom is -0.508 e. The molecule has 0 aliphatic carbocycles. The van der Waals surface area contributed by atoms with Crippen LogP contribution in [-0.2, 0) is 11.5 Å². The van der Waals surface area contributed by atoms with E-state index in [0.29, 0.717) is 17.5 Å². The second kappa shape index (κ2) is 5.86. The SMILES string of the molecule is C[Si](C)(C)CCOCn1nc(C(=O)O)c2cc(O)ccc21. The van der Waals surface area contributed by atoms with E-state index in [9.17, 15) is 15.0 Å². The largest absolute Gasteiger partial charge is 0.508 e. The van der Waals surface area contributed by atoms with Gasteiger partial charge in [0.15, 0.2) is 5.69 Å². The Morgan fingerprint density at radius 1 is 1.38 bits per heavy atom. The maximum absolute atomic E-state index is 11.2. The van der Waals surface area contributed by atoms with E-state index >= 15 is 0 Å².